The van der Waals surface area contributed by atoms with Gasteiger partial charge in [0.2, 0.25) is 6.35 Å². The predicted molar refractivity (Wildman–Crippen MR) is 107 cm³/mol. The smallest absolute Gasteiger partial charge is 0.251 e. The number of rotatable bonds is 6. The van der Waals surface area contributed by atoms with Crippen molar-refractivity contribution in [3.63, 3.8) is 0 Å². The first-order chi connectivity index (χ1) is 12.4. The summed E-state index contributed by atoms with van der Waals surface area (Å²) in [6.45, 7) is 4.81. The molecule has 3 rings (SSSR count). The number of hydrogen-bond donors (Lipinski definition) is 3. The number of benzene rings is 1. The lowest BCUT2D eigenvalue weighted by Gasteiger charge is -2.26. The number of fused-ring (bicyclic) bond motifs is 1. The molecule has 1 atom stereocenters. The number of halogens is 1. The van der Waals surface area contributed by atoms with Crippen LogP contribution in [0.2, 0.25) is 5.02 Å². The van der Waals surface area contributed by atoms with Crippen LogP contribution in [0.4, 0.5) is 10.7 Å². The van der Waals surface area contributed by atoms with E-state index in [1.54, 1.807) is 24.1 Å². The standard InChI is InChI=1S/C18H23ClN4O2S/c1-3-23-9-8-13-14(10-23)26-17(15(13)16(20)24)21-18(25)22(2)12-6-4-11(19)5-7-12/h4-7,18,21,25H,3,8-10H2,1-2H3,(H2,20,24). The van der Waals surface area contributed by atoms with Gasteiger partial charge in [-0.2, -0.15) is 0 Å². The van der Waals surface area contributed by atoms with Crippen molar-refractivity contribution in [1.29, 1.82) is 0 Å². The number of carbonyl (C=O) groups excluding carboxylic acids is 1. The first-order valence-corrected chi connectivity index (χ1v) is 9.69. The first kappa shape index (κ1) is 19.0. The van der Waals surface area contributed by atoms with Crippen molar-refractivity contribution in [1.82, 2.24) is 4.90 Å². The van der Waals surface area contributed by atoms with Crippen molar-refractivity contribution in [2.24, 2.45) is 5.73 Å². The highest BCUT2D eigenvalue weighted by molar-refractivity contribution is 7.16. The molecule has 1 aromatic carbocycles. The second-order valence-corrected chi connectivity index (χ2v) is 7.84. The molecule has 2 aromatic rings. The maximum Gasteiger partial charge on any atom is 0.251 e. The molecule has 0 fully saturated rings. The van der Waals surface area contributed by atoms with Gasteiger partial charge in [0.25, 0.3) is 5.91 Å². The number of nitrogens with two attached hydrogens (primary N) is 1. The summed E-state index contributed by atoms with van der Waals surface area (Å²) in [7, 11) is 1.76. The number of carbonyl (C=O) groups is 1. The molecule has 1 aliphatic heterocycles. The number of nitrogens with one attached hydrogen (secondary N) is 1. The van der Waals surface area contributed by atoms with Gasteiger partial charge in [-0.3, -0.25) is 9.69 Å². The monoisotopic (exact) mass is 394 g/mol. The average Bonchev–Trinajstić information content (AvgIpc) is 2.98. The molecule has 6 nitrogen and oxygen atoms in total. The molecule has 0 radical (unpaired) electrons. The molecule has 0 aliphatic carbocycles. The highest BCUT2D eigenvalue weighted by Gasteiger charge is 2.27. The van der Waals surface area contributed by atoms with Crippen molar-refractivity contribution >= 4 is 39.5 Å². The maximum absolute atomic E-state index is 12.0. The van der Waals surface area contributed by atoms with E-state index in [-0.39, 0.29) is 0 Å². The Morgan fingerprint density at radius 1 is 1.46 bits per heavy atom. The second-order valence-electron chi connectivity index (χ2n) is 6.30. The van der Waals surface area contributed by atoms with Gasteiger partial charge >= 0.3 is 0 Å². The molecule has 0 saturated carbocycles. The third-order valence-corrected chi connectivity index (χ3v) is 6.09. The van der Waals surface area contributed by atoms with Gasteiger partial charge in [-0.15, -0.1) is 11.3 Å². The Labute approximate surface area is 162 Å². The van der Waals surface area contributed by atoms with Gasteiger partial charge in [-0.25, -0.2) is 0 Å². The summed E-state index contributed by atoms with van der Waals surface area (Å²) < 4.78 is 0. The molecule has 0 spiro atoms. The number of aliphatic hydroxyl groups excluding tert-OH is 1. The van der Waals surface area contributed by atoms with E-state index in [0.29, 0.717) is 15.6 Å². The largest absolute Gasteiger partial charge is 0.365 e. The van der Waals surface area contributed by atoms with Crippen LogP contribution in [0.3, 0.4) is 0 Å². The van der Waals surface area contributed by atoms with E-state index in [9.17, 15) is 9.90 Å². The second kappa shape index (κ2) is 7.84. The van der Waals surface area contributed by atoms with Gasteiger partial charge in [-0.1, -0.05) is 18.5 Å². The Bertz CT molecular complexity index is 793. The van der Waals surface area contributed by atoms with Gasteiger partial charge in [0.1, 0.15) is 5.00 Å². The summed E-state index contributed by atoms with van der Waals surface area (Å²) >= 11 is 7.40. The van der Waals surface area contributed by atoms with E-state index in [4.69, 9.17) is 17.3 Å². The van der Waals surface area contributed by atoms with Crippen LogP contribution in [0.1, 0.15) is 27.7 Å². The van der Waals surface area contributed by atoms with E-state index in [1.807, 2.05) is 12.1 Å². The van der Waals surface area contributed by atoms with E-state index >= 15 is 0 Å². The molecular formula is C18H23ClN4O2S. The van der Waals surface area contributed by atoms with Crippen LogP contribution in [-0.4, -0.2) is 42.4 Å². The number of likely N-dealkylation sites (N-methyl/N-ethyl adjacent to an activating group) is 1. The number of aliphatic hydroxyl groups is 1. The summed E-state index contributed by atoms with van der Waals surface area (Å²) in [5.41, 5.74) is 7.95. The molecule has 2 heterocycles. The van der Waals surface area contributed by atoms with Crippen molar-refractivity contribution < 1.29 is 9.90 Å². The number of anilines is 2. The molecule has 1 unspecified atom stereocenters. The first-order valence-electron chi connectivity index (χ1n) is 8.50. The van der Waals surface area contributed by atoms with Crippen LogP contribution >= 0.6 is 22.9 Å². The predicted octanol–water partition coefficient (Wildman–Crippen LogP) is 2.70. The zero-order valence-electron chi connectivity index (χ0n) is 14.8. The lowest BCUT2D eigenvalue weighted by Crippen LogP contribution is -2.38. The highest BCUT2D eigenvalue weighted by atomic mass is 35.5. The molecule has 1 aromatic heterocycles. The molecule has 1 aliphatic rings. The number of primary amides is 1. The van der Waals surface area contributed by atoms with Gasteiger partial charge in [-0.05, 0) is 42.8 Å². The topological polar surface area (TPSA) is 81.8 Å². The van der Waals surface area contributed by atoms with Crippen molar-refractivity contribution in [2.75, 3.05) is 30.4 Å². The number of thiophene rings is 1. The summed E-state index contributed by atoms with van der Waals surface area (Å²) in [5.74, 6) is -0.462. The molecular weight excluding hydrogens is 372 g/mol. The molecule has 1 amide bonds. The van der Waals surface area contributed by atoms with Gasteiger partial charge in [0.15, 0.2) is 0 Å². The Morgan fingerprint density at radius 3 is 2.77 bits per heavy atom. The Kier molecular flexibility index (Phi) is 5.72. The third-order valence-electron chi connectivity index (χ3n) is 4.69. The van der Waals surface area contributed by atoms with E-state index in [1.165, 1.54) is 11.3 Å². The van der Waals surface area contributed by atoms with Crippen LogP contribution in [0, 0.1) is 0 Å². The fraction of sp³-hybridized carbons (Fsp3) is 0.389. The zero-order valence-corrected chi connectivity index (χ0v) is 16.4. The zero-order chi connectivity index (χ0) is 18.8. The number of nitrogens with zero attached hydrogens (tertiary/aromatic N) is 2. The molecule has 140 valence electrons. The minimum atomic E-state index is -1.00. The minimum absolute atomic E-state index is 0.462. The SMILES string of the molecule is CCN1CCc2c(sc(NC(O)N(C)c3ccc(Cl)cc3)c2C(N)=O)C1. The molecule has 26 heavy (non-hydrogen) atoms. The van der Waals surface area contributed by atoms with Crippen LogP contribution in [-0.2, 0) is 13.0 Å². The average molecular weight is 395 g/mol. The van der Waals surface area contributed by atoms with E-state index in [2.05, 4.69) is 17.1 Å². The maximum atomic E-state index is 12.0. The van der Waals surface area contributed by atoms with E-state index < -0.39 is 12.3 Å². The third kappa shape index (κ3) is 3.81. The van der Waals surface area contributed by atoms with Crippen molar-refractivity contribution in [3.05, 3.63) is 45.3 Å². The number of hydrogen-bond acceptors (Lipinski definition) is 6. The van der Waals surface area contributed by atoms with Crippen molar-refractivity contribution in [3.8, 4) is 0 Å². The molecule has 8 heteroatoms. The fourth-order valence-electron chi connectivity index (χ4n) is 3.12. The molecule has 0 bridgehead atoms. The Balaban J connectivity index is 1.83. The minimum Gasteiger partial charge on any atom is -0.365 e. The highest BCUT2D eigenvalue weighted by Crippen LogP contribution is 2.37. The molecule has 4 N–H and O–H groups in total. The summed E-state index contributed by atoms with van der Waals surface area (Å²) in [6, 6.07) is 7.16. The van der Waals surface area contributed by atoms with Gasteiger partial charge < -0.3 is 21.1 Å². The van der Waals surface area contributed by atoms with Gasteiger partial charge in [0, 0.05) is 35.7 Å². The van der Waals surface area contributed by atoms with Crippen LogP contribution in [0.15, 0.2) is 24.3 Å². The van der Waals surface area contributed by atoms with Crippen LogP contribution < -0.4 is 16.0 Å². The lowest BCUT2D eigenvalue weighted by atomic mass is 10.0. The van der Waals surface area contributed by atoms with Crippen molar-refractivity contribution in [2.45, 2.75) is 26.2 Å². The summed E-state index contributed by atoms with van der Waals surface area (Å²) in [6.07, 6.45) is -0.209. The molecule has 0 saturated heterocycles. The summed E-state index contributed by atoms with van der Waals surface area (Å²) in [4.78, 5) is 17.2. The Morgan fingerprint density at radius 2 is 2.15 bits per heavy atom. The number of amides is 1. The van der Waals surface area contributed by atoms with Crippen LogP contribution in [0.25, 0.3) is 0 Å². The Hall–Kier alpha value is -1.80. The van der Waals surface area contributed by atoms with E-state index in [0.717, 1.165) is 42.2 Å². The quantitative estimate of drug-likeness (QED) is 0.656. The fourth-order valence-corrected chi connectivity index (χ4v) is 4.56. The van der Waals surface area contributed by atoms with Crippen LogP contribution in [0.5, 0.6) is 0 Å². The lowest BCUT2D eigenvalue weighted by molar-refractivity contribution is 0.0999. The van der Waals surface area contributed by atoms with Gasteiger partial charge in [0.05, 0.1) is 5.56 Å². The summed E-state index contributed by atoms with van der Waals surface area (Å²) in [5, 5.41) is 14.9. The normalized spacial score (nSPS) is 15.4.